The maximum atomic E-state index is 12.8. The van der Waals surface area contributed by atoms with Gasteiger partial charge in [0, 0.05) is 31.0 Å². The van der Waals surface area contributed by atoms with Gasteiger partial charge in [-0.05, 0) is 68.1 Å². The Balaban J connectivity index is 1.43. The molecule has 7 nitrogen and oxygen atoms in total. The summed E-state index contributed by atoms with van der Waals surface area (Å²) in [6.45, 7) is 6.80. The molecule has 32 heavy (non-hydrogen) atoms. The second-order valence-electron chi connectivity index (χ2n) is 8.35. The van der Waals surface area contributed by atoms with E-state index in [2.05, 4.69) is 44.7 Å². The topological polar surface area (TPSA) is 77.1 Å². The van der Waals surface area contributed by atoms with Gasteiger partial charge in [-0.1, -0.05) is 30.3 Å². The van der Waals surface area contributed by atoms with Crippen LogP contribution in [0, 0.1) is 19.3 Å². The van der Waals surface area contributed by atoms with E-state index in [1.165, 1.54) is 28.8 Å². The van der Waals surface area contributed by atoms with Gasteiger partial charge in [-0.25, -0.2) is 0 Å². The van der Waals surface area contributed by atoms with Gasteiger partial charge in [0.25, 0.3) is 5.91 Å². The molecular weight excluding hydrogens is 420 g/mol. The molecule has 1 saturated heterocycles. The lowest BCUT2D eigenvalue weighted by Gasteiger charge is -2.26. The lowest BCUT2D eigenvalue weighted by Crippen LogP contribution is -2.35. The van der Waals surface area contributed by atoms with E-state index in [4.69, 9.17) is 5.41 Å². The Bertz CT molecular complexity index is 1170. The largest absolute Gasteiger partial charge is 0.349 e. The van der Waals surface area contributed by atoms with Crippen LogP contribution in [0.15, 0.2) is 52.1 Å². The number of hydrogen-bond acceptors (Lipinski definition) is 5. The molecule has 0 unspecified atom stereocenters. The van der Waals surface area contributed by atoms with Crippen molar-refractivity contribution in [3.8, 4) is 0 Å². The highest BCUT2D eigenvalue weighted by Crippen LogP contribution is 2.31. The number of aliphatic imine (C=N–C) groups is 1. The van der Waals surface area contributed by atoms with Crippen LogP contribution in [0.2, 0.25) is 0 Å². The standard InChI is InChI=1S/C24H26N6OS/c1-16-13-19(17(2)29(16)15-18-9-5-3-6-10-18)14-20-21(25)30-23(26-22(20)31)32-24(27-30)28-11-7-4-8-12-28/h3,5-6,9-10,13-14,25H,4,7-8,11-12,15H2,1-2H3/b20-14-,25-21?. The predicted molar refractivity (Wildman–Crippen MR) is 130 cm³/mol. The SMILES string of the molecule is Cc1cc(/C=C2/C(=N)N3N=C(N4CCCCC4)SC3=NC2=O)c(C)n1Cc1ccccc1. The first-order valence-electron chi connectivity index (χ1n) is 11.0. The minimum Gasteiger partial charge on any atom is -0.349 e. The van der Waals surface area contributed by atoms with Crippen LogP contribution in [0.4, 0.5) is 0 Å². The predicted octanol–water partition coefficient (Wildman–Crippen LogP) is 4.22. The number of hydrogen-bond donors (Lipinski definition) is 1. The van der Waals surface area contributed by atoms with Gasteiger partial charge in [-0.3, -0.25) is 10.2 Å². The number of benzene rings is 1. The number of aromatic nitrogens is 1. The molecule has 0 aliphatic carbocycles. The first kappa shape index (κ1) is 20.8. The third-order valence-corrected chi connectivity index (χ3v) is 7.14. The molecule has 1 fully saturated rings. The summed E-state index contributed by atoms with van der Waals surface area (Å²) < 4.78 is 2.23. The summed E-state index contributed by atoms with van der Waals surface area (Å²) in [5.41, 5.74) is 4.59. The van der Waals surface area contributed by atoms with E-state index in [0.29, 0.717) is 5.17 Å². The molecule has 1 aromatic carbocycles. The van der Waals surface area contributed by atoms with Crippen molar-refractivity contribution >= 4 is 39.9 Å². The van der Waals surface area contributed by atoms with E-state index in [0.717, 1.165) is 54.6 Å². The summed E-state index contributed by atoms with van der Waals surface area (Å²) in [6.07, 6.45) is 5.31. The number of thioether (sulfide) groups is 1. The quantitative estimate of drug-likeness (QED) is 0.717. The molecule has 0 spiro atoms. The van der Waals surface area contributed by atoms with Gasteiger partial charge in [0.2, 0.25) is 5.17 Å². The Labute approximate surface area is 192 Å². The van der Waals surface area contributed by atoms with Crippen molar-refractivity contribution in [1.82, 2.24) is 14.5 Å². The van der Waals surface area contributed by atoms with Gasteiger partial charge < -0.3 is 9.47 Å². The maximum absolute atomic E-state index is 12.8. The van der Waals surface area contributed by atoms with E-state index in [9.17, 15) is 4.79 Å². The maximum Gasteiger partial charge on any atom is 0.283 e. The monoisotopic (exact) mass is 446 g/mol. The molecule has 5 rings (SSSR count). The zero-order valence-corrected chi connectivity index (χ0v) is 19.2. The number of rotatable bonds is 3. The number of carbonyl (C=O) groups excluding carboxylic acids is 1. The first-order valence-corrected chi connectivity index (χ1v) is 11.8. The lowest BCUT2D eigenvalue weighted by molar-refractivity contribution is -0.114. The average Bonchev–Trinajstić information content (AvgIpc) is 3.34. The third-order valence-electron chi connectivity index (χ3n) is 6.17. The van der Waals surface area contributed by atoms with Crippen molar-refractivity contribution in [2.75, 3.05) is 13.1 Å². The normalized spacial score (nSPS) is 20.0. The number of carbonyl (C=O) groups is 1. The smallest absolute Gasteiger partial charge is 0.283 e. The minimum absolute atomic E-state index is 0.0902. The molecule has 1 amide bonds. The van der Waals surface area contributed by atoms with Crippen LogP contribution in [-0.2, 0) is 11.3 Å². The zero-order valence-electron chi connectivity index (χ0n) is 18.3. The van der Waals surface area contributed by atoms with Crippen molar-refractivity contribution in [2.24, 2.45) is 10.1 Å². The number of likely N-dealkylation sites (tertiary alicyclic amines) is 1. The number of piperidine rings is 1. The summed E-state index contributed by atoms with van der Waals surface area (Å²) in [5.74, 6) is -0.288. The number of nitrogens with one attached hydrogen (secondary N) is 1. The van der Waals surface area contributed by atoms with Crippen molar-refractivity contribution in [3.05, 3.63) is 64.5 Å². The van der Waals surface area contributed by atoms with E-state index in [-0.39, 0.29) is 17.3 Å². The van der Waals surface area contributed by atoms with Crippen molar-refractivity contribution < 1.29 is 4.79 Å². The van der Waals surface area contributed by atoms with Gasteiger partial charge in [-0.15, -0.1) is 5.10 Å². The third kappa shape index (κ3) is 3.79. The molecule has 1 aromatic heterocycles. The molecule has 3 aliphatic rings. The number of amides is 1. The number of hydrazone groups is 1. The minimum atomic E-state index is -0.378. The van der Waals surface area contributed by atoms with E-state index in [1.54, 1.807) is 6.08 Å². The summed E-state index contributed by atoms with van der Waals surface area (Å²) in [4.78, 5) is 19.3. The van der Waals surface area contributed by atoms with Crippen LogP contribution < -0.4 is 0 Å². The van der Waals surface area contributed by atoms with Gasteiger partial charge in [0.1, 0.15) is 0 Å². The molecular formula is C24H26N6OS. The Morgan fingerprint density at radius 2 is 1.84 bits per heavy atom. The summed E-state index contributed by atoms with van der Waals surface area (Å²) in [7, 11) is 0. The van der Waals surface area contributed by atoms with Crippen LogP contribution in [0.1, 0.15) is 41.8 Å². The summed E-state index contributed by atoms with van der Waals surface area (Å²) in [5, 5.41) is 16.1. The number of fused-ring (bicyclic) bond motifs is 1. The molecule has 4 heterocycles. The van der Waals surface area contributed by atoms with Crippen LogP contribution in [-0.4, -0.2) is 49.6 Å². The lowest BCUT2D eigenvalue weighted by atomic mass is 10.1. The second kappa shape index (κ2) is 8.43. The highest BCUT2D eigenvalue weighted by molar-refractivity contribution is 8.26. The molecule has 0 bridgehead atoms. The van der Waals surface area contributed by atoms with Gasteiger partial charge in [0.05, 0.1) is 5.57 Å². The number of aryl methyl sites for hydroxylation is 1. The zero-order chi connectivity index (χ0) is 22.2. The number of amidine groups is 3. The first-order chi connectivity index (χ1) is 15.5. The highest BCUT2D eigenvalue weighted by Gasteiger charge is 2.37. The molecule has 8 heteroatoms. The van der Waals surface area contributed by atoms with Crippen LogP contribution in [0.25, 0.3) is 6.08 Å². The summed E-state index contributed by atoms with van der Waals surface area (Å²) >= 11 is 1.39. The number of nitrogens with zero attached hydrogens (tertiary/aromatic N) is 5. The Morgan fingerprint density at radius 1 is 1.09 bits per heavy atom. The Kier molecular flexibility index (Phi) is 5.46. The van der Waals surface area contributed by atoms with Crippen LogP contribution in [0.3, 0.4) is 0 Å². The molecule has 2 aromatic rings. The van der Waals surface area contributed by atoms with Crippen LogP contribution >= 0.6 is 11.8 Å². The molecule has 164 valence electrons. The van der Waals surface area contributed by atoms with Crippen LogP contribution in [0.5, 0.6) is 0 Å². The van der Waals surface area contributed by atoms with E-state index in [1.807, 2.05) is 25.1 Å². The van der Waals surface area contributed by atoms with E-state index >= 15 is 0 Å². The Hall–Kier alpha value is -3.13. The van der Waals surface area contributed by atoms with Crippen molar-refractivity contribution in [3.63, 3.8) is 0 Å². The van der Waals surface area contributed by atoms with Crippen molar-refractivity contribution in [1.29, 1.82) is 5.41 Å². The molecule has 0 radical (unpaired) electrons. The molecule has 0 saturated carbocycles. The average molecular weight is 447 g/mol. The fourth-order valence-electron chi connectivity index (χ4n) is 4.33. The Morgan fingerprint density at radius 3 is 2.59 bits per heavy atom. The summed E-state index contributed by atoms with van der Waals surface area (Å²) in [6, 6.07) is 12.4. The molecule has 0 atom stereocenters. The fraction of sp³-hybridized carbons (Fsp3) is 0.333. The highest BCUT2D eigenvalue weighted by atomic mass is 32.2. The molecule has 3 aliphatic heterocycles. The second-order valence-corrected chi connectivity index (χ2v) is 9.28. The van der Waals surface area contributed by atoms with Crippen molar-refractivity contribution in [2.45, 2.75) is 39.7 Å². The van der Waals surface area contributed by atoms with Gasteiger partial charge in [-0.2, -0.15) is 10.0 Å². The van der Waals surface area contributed by atoms with Gasteiger partial charge in [0.15, 0.2) is 11.0 Å². The van der Waals surface area contributed by atoms with E-state index < -0.39 is 0 Å². The van der Waals surface area contributed by atoms with Gasteiger partial charge >= 0.3 is 0 Å². The molecule has 1 N–H and O–H groups in total. The fourth-order valence-corrected chi connectivity index (χ4v) is 5.28.